The van der Waals surface area contributed by atoms with Gasteiger partial charge < -0.3 is 29.8 Å². The smallest absolute Gasteiger partial charge is 0.489 e. The summed E-state index contributed by atoms with van der Waals surface area (Å²) in [5, 5.41) is 9.02. The van der Waals surface area contributed by atoms with E-state index in [0.29, 0.717) is 37.2 Å². The quantitative estimate of drug-likeness (QED) is 0.770. The average molecular weight is 377 g/mol. The maximum Gasteiger partial charge on any atom is 0.496 e. The van der Waals surface area contributed by atoms with Crippen molar-refractivity contribution in [2.45, 2.75) is 51.7 Å². The number of likely N-dealkylation sites (tertiary alicyclic amines) is 1. The van der Waals surface area contributed by atoms with E-state index in [1.165, 1.54) is 4.90 Å². The lowest BCUT2D eigenvalue weighted by Crippen LogP contribution is -2.41. The summed E-state index contributed by atoms with van der Waals surface area (Å²) in [5.74, 6) is 1.11. The van der Waals surface area contributed by atoms with Gasteiger partial charge in [-0.2, -0.15) is 0 Å². The molecule has 2 fully saturated rings. The van der Waals surface area contributed by atoms with Gasteiger partial charge in [-0.25, -0.2) is 9.78 Å². The molecule has 1 aromatic rings. The number of piperidine rings is 1. The van der Waals surface area contributed by atoms with Crippen LogP contribution in [-0.4, -0.2) is 59.1 Å². The van der Waals surface area contributed by atoms with Crippen LogP contribution in [0.2, 0.25) is 0 Å². The second kappa shape index (κ2) is 7.20. The number of hydrogen-bond donors (Lipinski definition) is 2. The molecule has 0 saturated carbocycles. The van der Waals surface area contributed by atoms with Crippen LogP contribution in [0.1, 0.15) is 40.5 Å². The van der Waals surface area contributed by atoms with Crippen molar-refractivity contribution in [2.24, 2.45) is 5.92 Å². The first kappa shape index (κ1) is 19.8. The van der Waals surface area contributed by atoms with Gasteiger partial charge in [-0.15, -0.1) is 0 Å². The molecule has 0 aromatic carbocycles. The number of anilines is 1. The highest BCUT2D eigenvalue weighted by molar-refractivity contribution is 6.62. The molecule has 3 N–H and O–H groups in total. The van der Waals surface area contributed by atoms with E-state index in [1.807, 2.05) is 33.8 Å². The van der Waals surface area contributed by atoms with Crippen LogP contribution in [0.15, 0.2) is 12.3 Å². The first-order chi connectivity index (χ1) is 12.6. The highest BCUT2D eigenvalue weighted by Crippen LogP contribution is 2.36. The fraction of sp³-hybridized carbons (Fsp3) is 0.667. The Kier molecular flexibility index (Phi) is 5.27. The van der Waals surface area contributed by atoms with Gasteiger partial charge in [0.2, 0.25) is 0 Å². The SMILES string of the molecule is CC1(C)OB(c2cnc(N)c(OCC3CCN(C(=O)O)CC3)c2)OC1(C)C. The molecule has 0 bridgehead atoms. The largest absolute Gasteiger partial charge is 0.496 e. The molecule has 9 heteroatoms. The van der Waals surface area contributed by atoms with Crippen molar-refractivity contribution in [1.82, 2.24) is 9.88 Å². The minimum absolute atomic E-state index is 0.292. The minimum Gasteiger partial charge on any atom is -0.489 e. The van der Waals surface area contributed by atoms with Gasteiger partial charge >= 0.3 is 13.2 Å². The second-order valence-corrected chi connectivity index (χ2v) is 8.26. The van der Waals surface area contributed by atoms with E-state index >= 15 is 0 Å². The molecular weight excluding hydrogens is 349 g/mol. The van der Waals surface area contributed by atoms with E-state index < -0.39 is 24.4 Å². The normalized spacial score (nSPS) is 22.1. The molecule has 27 heavy (non-hydrogen) atoms. The summed E-state index contributed by atoms with van der Waals surface area (Å²) in [6.45, 7) is 9.54. The molecule has 1 amide bonds. The third-order valence-electron chi connectivity index (χ3n) is 5.79. The molecule has 0 unspecified atom stereocenters. The minimum atomic E-state index is -0.863. The summed E-state index contributed by atoms with van der Waals surface area (Å²) < 4.78 is 18.0. The summed E-state index contributed by atoms with van der Waals surface area (Å²) in [7, 11) is -0.524. The number of nitrogen functional groups attached to an aromatic ring is 1. The van der Waals surface area contributed by atoms with Crippen molar-refractivity contribution >= 4 is 24.5 Å². The van der Waals surface area contributed by atoms with Gasteiger partial charge in [-0.1, -0.05) is 0 Å². The van der Waals surface area contributed by atoms with Crippen molar-refractivity contribution in [2.75, 3.05) is 25.4 Å². The monoisotopic (exact) mass is 377 g/mol. The van der Waals surface area contributed by atoms with Gasteiger partial charge in [0.15, 0.2) is 11.6 Å². The molecule has 0 spiro atoms. The molecule has 3 heterocycles. The highest BCUT2D eigenvalue weighted by Gasteiger charge is 2.52. The summed E-state index contributed by atoms with van der Waals surface area (Å²) >= 11 is 0. The Morgan fingerprint density at radius 3 is 2.48 bits per heavy atom. The first-order valence-electron chi connectivity index (χ1n) is 9.31. The van der Waals surface area contributed by atoms with E-state index in [9.17, 15) is 4.79 Å². The van der Waals surface area contributed by atoms with Crippen molar-refractivity contribution in [1.29, 1.82) is 0 Å². The van der Waals surface area contributed by atoms with Crippen LogP contribution in [0.25, 0.3) is 0 Å². The number of carboxylic acid groups (broad SMARTS) is 1. The Balaban J connectivity index is 1.62. The van der Waals surface area contributed by atoms with Crippen molar-refractivity contribution < 1.29 is 23.9 Å². The molecule has 8 nitrogen and oxygen atoms in total. The maximum atomic E-state index is 11.0. The summed E-state index contributed by atoms with van der Waals surface area (Å²) in [5.41, 5.74) is 5.87. The summed E-state index contributed by atoms with van der Waals surface area (Å²) in [4.78, 5) is 16.6. The lowest BCUT2D eigenvalue weighted by Gasteiger charge is -2.32. The first-order valence-corrected chi connectivity index (χ1v) is 9.31. The van der Waals surface area contributed by atoms with Gasteiger partial charge in [0.1, 0.15) is 0 Å². The zero-order valence-electron chi connectivity index (χ0n) is 16.4. The number of carbonyl (C=O) groups is 1. The number of nitrogens with zero attached hydrogens (tertiary/aromatic N) is 2. The number of rotatable bonds is 4. The van der Waals surface area contributed by atoms with Crippen molar-refractivity contribution in [3.63, 3.8) is 0 Å². The number of pyridine rings is 1. The zero-order chi connectivity index (χ0) is 19.8. The predicted octanol–water partition coefficient (Wildman–Crippen LogP) is 1.73. The number of amides is 1. The van der Waals surface area contributed by atoms with E-state index in [4.69, 9.17) is 24.9 Å². The molecule has 2 aliphatic rings. The zero-order valence-corrected chi connectivity index (χ0v) is 16.4. The molecule has 0 atom stereocenters. The van der Waals surface area contributed by atoms with Crippen LogP contribution in [0, 0.1) is 5.92 Å². The van der Waals surface area contributed by atoms with Crippen LogP contribution in [0.5, 0.6) is 5.75 Å². The topological polar surface area (TPSA) is 107 Å². The van der Waals surface area contributed by atoms with Gasteiger partial charge in [0.25, 0.3) is 0 Å². The number of nitrogens with two attached hydrogens (primary N) is 1. The third-order valence-corrected chi connectivity index (χ3v) is 5.79. The van der Waals surface area contributed by atoms with E-state index in [0.717, 1.165) is 18.3 Å². The Morgan fingerprint density at radius 2 is 1.93 bits per heavy atom. The Morgan fingerprint density at radius 1 is 1.33 bits per heavy atom. The molecule has 2 aliphatic heterocycles. The fourth-order valence-electron chi connectivity index (χ4n) is 3.19. The van der Waals surface area contributed by atoms with Crippen molar-refractivity contribution in [3.8, 4) is 5.75 Å². The van der Waals surface area contributed by atoms with Gasteiger partial charge in [0, 0.05) is 24.7 Å². The van der Waals surface area contributed by atoms with Gasteiger partial charge in [-0.3, -0.25) is 0 Å². The molecule has 1 aromatic heterocycles. The molecule has 0 radical (unpaired) electrons. The number of aromatic nitrogens is 1. The Hall–Kier alpha value is -2.00. The van der Waals surface area contributed by atoms with Crippen LogP contribution in [0.4, 0.5) is 10.6 Å². The van der Waals surface area contributed by atoms with Gasteiger partial charge in [0.05, 0.1) is 17.8 Å². The lowest BCUT2D eigenvalue weighted by atomic mass is 9.80. The maximum absolute atomic E-state index is 11.0. The Bertz CT molecular complexity index is 688. The van der Waals surface area contributed by atoms with E-state index in [-0.39, 0.29) is 0 Å². The standard InChI is InChI=1S/C18H28BN3O5/c1-17(2)18(3,4)27-19(26-17)13-9-14(15(20)21-10-13)25-11-12-5-7-22(8-6-12)16(23)24/h9-10,12H,5-8,11H2,1-4H3,(H2,20,21)(H,23,24). The summed E-state index contributed by atoms with van der Waals surface area (Å²) in [6, 6.07) is 1.82. The van der Waals surface area contributed by atoms with E-state index in [1.54, 1.807) is 6.20 Å². The summed E-state index contributed by atoms with van der Waals surface area (Å²) in [6.07, 6.45) is 2.33. The average Bonchev–Trinajstić information content (AvgIpc) is 2.82. The van der Waals surface area contributed by atoms with Gasteiger partial charge in [-0.05, 0) is 52.5 Å². The molecule has 148 valence electrons. The second-order valence-electron chi connectivity index (χ2n) is 8.26. The van der Waals surface area contributed by atoms with E-state index in [2.05, 4.69) is 4.98 Å². The Labute approximate surface area is 160 Å². The number of hydrogen-bond acceptors (Lipinski definition) is 6. The van der Waals surface area contributed by atoms with Crippen molar-refractivity contribution in [3.05, 3.63) is 12.3 Å². The molecule has 3 rings (SSSR count). The predicted molar refractivity (Wildman–Crippen MR) is 102 cm³/mol. The number of ether oxygens (including phenoxy) is 1. The molecule has 2 saturated heterocycles. The fourth-order valence-corrected chi connectivity index (χ4v) is 3.19. The lowest BCUT2D eigenvalue weighted by molar-refractivity contribution is 0.00578. The molecular formula is C18H28BN3O5. The van der Waals surface area contributed by atoms with Crippen LogP contribution in [-0.2, 0) is 9.31 Å². The highest BCUT2D eigenvalue weighted by atomic mass is 16.7. The third kappa shape index (κ3) is 4.14. The van der Waals surface area contributed by atoms with Crippen LogP contribution in [0.3, 0.4) is 0 Å². The van der Waals surface area contributed by atoms with Crippen LogP contribution < -0.4 is 15.9 Å². The van der Waals surface area contributed by atoms with Crippen LogP contribution >= 0.6 is 0 Å². The molecule has 0 aliphatic carbocycles.